The van der Waals surface area contributed by atoms with E-state index in [4.69, 9.17) is 21.1 Å². The number of anilines is 1. The third kappa shape index (κ3) is 5.99. The summed E-state index contributed by atoms with van der Waals surface area (Å²) < 4.78 is 11.8. The molecule has 0 fully saturated rings. The third-order valence-electron chi connectivity index (χ3n) is 4.54. The molecule has 31 heavy (non-hydrogen) atoms. The first-order valence-electron chi connectivity index (χ1n) is 9.46. The van der Waals surface area contributed by atoms with Crippen LogP contribution in [0.4, 0.5) is 10.5 Å². The number of aromatic nitrogens is 2. The van der Waals surface area contributed by atoms with E-state index >= 15 is 0 Å². The summed E-state index contributed by atoms with van der Waals surface area (Å²) in [5, 5.41) is 7.41. The van der Waals surface area contributed by atoms with Crippen molar-refractivity contribution in [3.63, 3.8) is 0 Å². The molecule has 0 aliphatic rings. The van der Waals surface area contributed by atoms with Gasteiger partial charge in [0, 0.05) is 37.4 Å². The van der Waals surface area contributed by atoms with Gasteiger partial charge in [-0.15, -0.1) is 5.10 Å². The molecule has 1 aromatic heterocycles. The van der Waals surface area contributed by atoms with Gasteiger partial charge in [0.15, 0.2) is 0 Å². The smallest absolute Gasteiger partial charge is 0.411 e. The van der Waals surface area contributed by atoms with Crippen molar-refractivity contribution in [2.45, 2.75) is 13.2 Å². The molecule has 0 bridgehead atoms. The van der Waals surface area contributed by atoms with E-state index in [1.807, 2.05) is 12.1 Å². The average molecular weight is 443 g/mol. The highest BCUT2D eigenvalue weighted by molar-refractivity contribution is 6.30. The number of aryl methyl sites for hydroxylation is 1. The summed E-state index contributed by atoms with van der Waals surface area (Å²) in [5.74, 6) is 0.212. The van der Waals surface area contributed by atoms with Gasteiger partial charge in [-0.05, 0) is 35.4 Å². The van der Waals surface area contributed by atoms with Crippen LogP contribution in [0, 0.1) is 0 Å². The van der Waals surface area contributed by atoms with Crippen LogP contribution in [0.15, 0.2) is 54.6 Å². The first-order valence-corrected chi connectivity index (χ1v) is 9.84. The van der Waals surface area contributed by atoms with Crippen LogP contribution in [0.5, 0.6) is 5.88 Å². The minimum atomic E-state index is -0.555. The third-order valence-corrected chi connectivity index (χ3v) is 4.79. The lowest BCUT2D eigenvalue weighted by atomic mass is 10.2. The van der Waals surface area contributed by atoms with Gasteiger partial charge in [-0.2, -0.15) is 0 Å². The van der Waals surface area contributed by atoms with Crippen molar-refractivity contribution in [3.05, 3.63) is 76.4 Å². The van der Waals surface area contributed by atoms with Crippen LogP contribution in [0.1, 0.15) is 21.6 Å². The molecular formula is C22H23ClN4O4. The molecule has 0 aliphatic heterocycles. The molecule has 162 valence electrons. The SMILES string of the molecule is COc1cc(C(=O)N(C)Cc2ccc(NC(=O)OCc3ccc(Cl)cc3)cc2)n(C)n1. The monoisotopic (exact) mass is 442 g/mol. The van der Waals surface area contributed by atoms with Crippen LogP contribution in [-0.4, -0.2) is 40.8 Å². The Kier molecular flexibility index (Phi) is 7.15. The van der Waals surface area contributed by atoms with Crippen molar-refractivity contribution in [2.24, 2.45) is 7.05 Å². The first-order chi connectivity index (χ1) is 14.9. The molecule has 0 aliphatic carbocycles. The second-order valence-corrected chi connectivity index (χ2v) is 7.32. The van der Waals surface area contributed by atoms with Gasteiger partial charge in [0.2, 0.25) is 5.88 Å². The van der Waals surface area contributed by atoms with Crippen molar-refractivity contribution >= 4 is 29.3 Å². The molecule has 0 saturated heterocycles. The Hall–Kier alpha value is -3.52. The van der Waals surface area contributed by atoms with Crippen LogP contribution in [-0.2, 0) is 24.9 Å². The van der Waals surface area contributed by atoms with Gasteiger partial charge in [-0.3, -0.25) is 14.8 Å². The summed E-state index contributed by atoms with van der Waals surface area (Å²) in [6.45, 7) is 0.542. The highest BCUT2D eigenvalue weighted by atomic mass is 35.5. The molecule has 3 aromatic rings. The lowest BCUT2D eigenvalue weighted by Gasteiger charge is -2.17. The van der Waals surface area contributed by atoms with E-state index in [-0.39, 0.29) is 12.5 Å². The number of nitrogens with one attached hydrogen (secondary N) is 1. The van der Waals surface area contributed by atoms with E-state index in [0.29, 0.717) is 28.8 Å². The van der Waals surface area contributed by atoms with Crippen molar-refractivity contribution in [3.8, 4) is 5.88 Å². The molecule has 2 amide bonds. The Balaban J connectivity index is 1.52. The predicted molar refractivity (Wildman–Crippen MR) is 117 cm³/mol. The number of amides is 2. The number of benzene rings is 2. The number of nitrogens with zero attached hydrogens (tertiary/aromatic N) is 3. The fourth-order valence-corrected chi connectivity index (χ4v) is 2.98. The summed E-state index contributed by atoms with van der Waals surface area (Å²) in [6, 6.07) is 15.8. The quantitative estimate of drug-likeness (QED) is 0.595. The van der Waals surface area contributed by atoms with Gasteiger partial charge in [-0.25, -0.2) is 4.79 Å². The van der Waals surface area contributed by atoms with Crippen molar-refractivity contribution in [2.75, 3.05) is 19.5 Å². The zero-order valence-electron chi connectivity index (χ0n) is 17.5. The fourth-order valence-electron chi connectivity index (χ4n) is 2.86. The van der Waals surface area contributed by atoms with Gasteiger partial charge in [-0.1, -0.05) is 35.9 Å². The largest absolute Gasteiger partial charge is 0.480 e. The fraction of sp³-hybridized carbons (Fsp3) is 0.227. The highest BCUT2D eigenvalue weighted by Gasteiger charge is 2.18. The maximum atomic E-state index is 12.6. The Morgan fingerprint density at radius 2 is 1.74 bits per heavy atom. The number of carbonyl (C=O) groups excluding carboxylic acids is 2. The summed E-state index contributed by atoms with van der Waals surface area (Å²) in [7, 11) is 4.90. The predicted octanol–water partition coefficient (Wildman–Crippen LogP) is 4.10. The molecule has 1 N–H and O–H groups in total. The Morgan fingerprint density at radius 3 is 2.35 bits per heavy atom. The number of methoxy groups -OCH3 is 1. The molecule has 2 aromatic carbocycles. The second-order valence-electron chi connectivity index (χ2n) is 6.88. The second kappa shape index (κ2) is 9.99. The average Bonchev–Trinajstić information content (AvgIpc) is 3.15. The van der Waals surface area contributed by atoms with E-state index in [1.165, 1.54) is 11.8 Å². The maximum Gasteiger partial charge on any atom is 0.411 e. The summed E-state index contributed by atoms with van der Waals surface area (Å²) in [4.78, 5) is 26.2. The van der Waals surface area contributed by atoms with Gasteiger partial charge >= 0.3 is 6.09 Å². The minimum Gasteiger partial charge on any atom is -0.480 e. The number of hydrogen-bond acceptors (Lipinski definition) is 5. The topological polar surface area (TPSA) is 85.7 Å². The summed E-state index contributed by atoms with van der Waals surface area (Å²) in [6.07, 6.45) is -0.555. The molecule has 9 heteroatoms. The lowest BCUT2D eigenvalue weighted by Crippen LogP contribution is -2.28. The van der Waals surface area contributed by atoms with Crippen LogP contribution in [0.2, 0.25) is 5.02 Å². The van der Waals surface area contributed by atoms with E-state index < -0.39 is 6.09 Å². The number of ether oxygens (including phenoxy) is 2. The summed E-state index contributed by atoms with van der Waals surface area (Å²) in [5.41, 5.74) is 2.77. The molecular weight excluding hydrogens is 420 g/mol. The molecule has 1 heterocycles. The van der Waals surface area contributed by atoms with Crippen LogP contribution in [0.25, 0.3) is 0 Å². The Bertz CT molecular complexity index is 1050. The molecule has 0 radical (unpaired) electrons. The Morgan fingerprint density at radius 1 is 1.10 bits per heavy atom. The van der Waals surface area contributed by atoms with E-state index in [0.717, 1.165) is 11.1 Å². The van der Waals surface area contributed by atoms with Gasteiger partial charge < -0.3 is 14.4 Å². The molecule has 0 saturated carbocycles. The van der Waals surface area contributed by atoms with E-state index in [9.17, 15) is 9.59 Å². The Labute approximate surface area is 185 Å². The minimum absolute atomic E-state index is 0.146. The highest BCUT2D eigenvalue weighted by Crippen LogP contribution is 2.16. The molecule has 8 nitrogen and oxygen atoms in total. The van der Waals surface area contributed by atoms with Crippen LogP contribution in [0.3, 0.4) is 0 Å². The van der Waals surface area contributed by atoms with Gasteiger partial charge in [0.25, 0.3) is 5.91 Å². The molecule has 0 atom stereocenters. The van der Waals surface area contributed by atoms with E-state index in [1.54, 1.807) is 61.5 Å². The van der Waals surface area contributed by atoms with Gasteiger partial charge in [0.1, 0.15) is 12.3 Å². The van der Waals surface area contributed by atoms with Crippen LogP contribution >= 0.6 is 11.6 Å². The zero-order chi connectivity index (χ0) is 22.4. The number of carbonyl (C=O) groups is 2. The first kappa shape index (κ1) is 22.2. The molecule has 3 rings (SSSR count). The number of halogens is 1. The maximum absolute atomic E-state index is 12.6. The van der Waals surface area contributed by atoms with Crippen molar-refractivity contribution in [1.82, 2.24) is 14.7 Å². The van der Waals surface area contributed by atoms with Crippen LogP contribution < -0.4 is 10.1 Å². The zero-order valence-corrected chi connectivity index (χ0v) is 18.2. The normalized spacial score (nSPS) is 10.5. The van der Waals surface area contributed by atoms with E-state index in [2.05, 4.69) is 10.4 Å². The number of rotatable bonds is 7. The molecule has 0 spiro atoms. The van der Waals surface area contributed by atoms with Gasteiger partial charge in [0.05, 0.1) is 7.11 Å². The summed E-state index contributed by atoms with van der Waals surface area (Å²) >= 11 is 5.84. The van der Waals surface area contributed by atoms with Crippen molar-refractivity contribution in [1.29, 1.82) is 0 Å². The standard InChI is InChI=1S/C22H23ClN4O4/c1-26(21(28)19-12-20(30-3)25-27(19)2)13-15-6-10-18(11-7-15)24-22(29)31-14-16-4-8-17(23)9-5-16/h4-12H,13-14H2,1-3H3,(H,24,29). The number of hydrogen-bond donors (Lipinski definition) is 1. The lowest BCUT2D eigenvalue weighted by molar-refractivity contribution is 0.0774. The molecule has 0 unspecified atom stereocenters. The van der Waals surface area contributed by atoms with Crippen molar-refractivity contribution < 1.29 is 19.1 Å².